The molecular weight excluding hydrogens is 460 g/mol. The first kappa shape index (κ1) is 22.6. The molecule has 1 aliphatic rings. The van der Waals surface area contributed by atoms with Gasteiger partial charge in [0.1, 0.15) is 11.8 Å². The molecule has 2 aromatic carbocycles. The van der Waals surface area contributed by atoms with Crippen molar-refractivity contribution in [3.8, 4) is 11.4 Å². The van der Waals surface area contributed by atoms with Gasteiger partial charge in [0.25, 0.3) is 0 Å². The van der Waals surface area contributed by atoms with Gasteiger partial charge in [-0.15, -0.1) is 0 Å². The summed E-state index contributed by atoms with van der Waals surface area (Å²) in [6.07, 6.45) is 3.75. The molecule has 4 aromatic rings. The second-order valence-corrected chi connectivity index (χ2v) is 8.47. The Hall–Kier alpha value is -4.17. The van der Waals surface area contributed by atoms with Crippen molar-refractivity contribution in [3.05, 3.63) is 108 Å². The summed E-state index contributed by atoms with van der Waals surface area (Å²) in [7, 11) is 0. The van der Waals surface area contributed by atoms with Crippen LogP contribution in [0.3, 0.4) is 0 Å². The van der Waals surface area contributed by atoms with Crippen LogP contribution in [0.4, 0.5) is 5.69 Å². The minimum atomic E-state index is -0.952. The van der Waals surface area contributed by atoms with Gasteiger partial charge in [-0.05, 0) is 91.9 Å². The number of aromatic nitrogens is 2. The molecule has 1 aliphatic heterocycles. The van der Waals surface area contributed by atoms with Gasteiger partial charge in [0, 0.05) is 29.5 Å². The van der Waals surface area contributed by atoms with Crippen molar-refractivity contribution in [2.75, 3.05) is 11.5 Å². The number of carbonyl (C=O) groups is 1. The number of hydrogen-bond acceptors (Lipinski definition) is 4. The van der Waals surface area contributed by atoms with Crippen molar-refractivity contribution in [1.29, 1.82) is 0 Å². The number of hydrogen-bond donors (Lipinski definition) is 2. The van der Waals surface area contributed by atoms with E-state index in [2.05, 4.69) is 25.8 Å². The molecule has 5 rings (SSSR count). The maximum absolute atomic E-state index is 11.3. The van der Waals surface area contributed by atoms with Gasteiger partial charge < -0.3 is 24.6 Å². The van der Waals surface area contributed by atoms with Gasteiger partial charge in [0.05, 0.1) is 23.9 Å². The maximum Gasteiger partial charge on any atom is 0.335 e. The minimum absolute atomic E-state index is 0.192. The summed E-state index contributed by atoms with van der Waals surface area (Å²) in [5, 5.41) is 13.4. The molecule has 8 heteroatoms. The van der Waals surface area contributed by atoms with Crippen LogP contribution in [0.25, 0.3) is 5.69 Å². The van der Waals surface area contributed by atoms with Crippen LogP contribution in [0.15, 0.2) is 91.3 Å². The Morgan fingerprint density at radius 3 is 2.43 bits per heavy atom. The second-order valence-electron chi connectivity index (χ2n) is 8.08. The van der Waals surface area contributed by atoms with E-state index < -0.39 is 5.97 Å². The van der Waals surface area contributed by atoms with Gasteiger partial charge in [-0.3, -0.25) is 4.98 Å². The normalized spacial score (nSPS) is 17.3. The summed E-state index contributed by atoms with van der Waals surface area (Å²) >= 11 is 5.82. The highest BCUT2D eigenvalue weighted by Gasteiger charge is 2.42. The predicted molar refractivity (Wildman–Crippen MR) is 138 cm³/mol. The molecule has 176 valence electrons. The van der Waals surface area contributed by atoms with Crippen LogP contribution in [0.2, 0.25) is 0 Å². The van der Waals surface area contributed by atoms with Crippen molar-refractivity contribution in [1.82, 2.24) is 14.9 Å². The highest BCUT2D eigenvalue weighted by atomic mass is 32.1. The molecule has 1 fully saturated rings. The number of pyridine rings is 1. The van der Waals surface area contributed by atoms with Crippen molar-refractivity contribution >= 4 is 29.0 Å². The molecule has 0 saturated carbocycles. The number of nitrogens with zero attached hydrogens (tertiary/aromatic N) is 3. The number of nitrogens with one attached hydrogen (secondary N) is 1. The number of aromatic carboxylic acids is 1. The molecular formula is C27H24N4O3S. The largest absolute Gasteiger partial charge is 0.494 e. The zero-order chi connectivity index (χ0) is 24.4. The number of thiocarbonyl (C=S) groups is 1. The van der Waals surface area contributed by atoms with E-state index in [1.807, 2.05) is 73.8 Å². The van der Waals surface area contributed by atoms with E-state index in [-0.39, 0.29) is 17.6 Å². The Balaban J connectivity index is 1.60. The lowest BCUT2D eigenvalue weighted by molar-refractivity contribution is 0.0697. The van der Waals surface area contributed by atoms with Crippen LogP contribution >= 0.6 is 12.2 Å². The number of carboxylic acid groups (broad SMARTS) is 1. The Bertz CT molecular complexity index is 1340. The number of carboxylic acids is 1. The first-order valence-corrected chi connectivity index (χ1v) is 11.7. The lowest BCUT2D eigenvalue weighted by Gasteiger charge is -2.29. The summed E-state index contributed by atoms with van der Waals surface area (Å²) in [5.74, 6) is -0.152. The Morgan fingerprint density at radius 1 is 1.03 bits per heavy atom. The van der Waals surface area contributed by atoms with E-state index in [0.29, 0.717) is 11.7 Å². The van der Waals surface area contributed by atoms with Crippen molar-refractivity contribution in [3.63, 3.8) is 0 Å². The Labute approximate surface area is 208 Å². The van der Waals surface area contributed by atoms with E-state index in [4.69, 9.17) is 17.0 Å². The lowest BCUT2D eigenvalue weighted by atomic mass is 10.0. The summed E-state index contributed by atoms with van der Waals surface area (Å²) in [5.41, 5.74) is 3.91. The zero-order valence-corrected chi connectivity index (χ0v) is 19.9. The van der Waals surface area contributed by atoms with E-state index >= 15 is 0 Å². The number of benzene rings is 2. The Morgan fingerprint density at radius 2 is 1.77 bits per heavy atom. The summed E-state index contributed by atoms with van der Waals surface area (Å²) in [6.45, 7) is 2.56. The molecule has 1 saturated heterocycles. The van der Waals surface area contributed by atoms with Crippen LogP contribution in [-0.4, -0.2) is 32.3 Å². The third-order valence-electron chi connectivity index (χ3n) is 6.00. The topological polar surface area (TPSA) is 79.6 Å². The van der Waals surface area contributed by atoms with E-state index in [9.17, 15) is 9.90 Å². The van der Waals surface area contributed by atoms with Gasteiger partial charge in [-0.1, -0.05) is 6.07 Å². The van der Waals surface area contributed by atoms with Crippen molar-refractivity contribution < 1.29 is 14.6 Å². The van der Waals surface area contributed by atoms with Gasteiger partial charge in [-0.25, -0.2) is 4.79 Å². The molecule has 0 aliphatic carbocycles. The van der Waals surface area contributed by atoms with Gasteiger partial charge in [-0.2, -0.15) is 0 Å². The standard InChI is InChI=1S/C27H24N4O3S/c1-2-34-21-14-12-20(13-15-21)31-25(24(29-27(31)35)22-6-3-4-16-28-22)23-7-5-17-30(23)19-10-8-18(9-11-19)26(32)33/h3-17,24-25H,2H2,1H3,(H,29,35)(H,32,33)/t24-,25+/m1/s1. The van der Waals surface area contributed by atoms with Crippen LogP contribution in [-0.2, 0) is 0 Å². The third kappa shape index (κ3) is 4.36. The SMILES string of the molecule is CCOc1ccc(N2C(=S)N[C@H](c3ccccn3)[C@@H]2c2cccn2-c2ccc(C(=O)O)cc2)cc1. The first-order valence-electron chi connectivity index (χ1n) is 11.3. The summed E-state index contributed by atoms with van der Waals surface area (Å²) < 4.78 is 7.68. The fourth-order valence-corrected chi connectivity index (χ4v) is 4.78. The Kier molecular flexibility index (Phi) is 6.20. The monoisotopic (exact) mass is 484 g/mol. The van der Waals surface area contributed by atoms with E-state index in [0.717, 1.165) is 28.5 Å². The molecule has 0 amide bonds. The fourth-order valence-electron chi connectivity index (χ4n) is 4.44. The molecule has 0 unspecified atom stereocenters. The third-order valence-corrected chi connectivity index (χ3v) is 6.31. The quantitative estimate of drug-likeness (QED) is 0.351. The maximum atomic E-state index is 11.3. The lowest BCUT2D eigenvalue weighted by Crippen LogP contribution is -2.30. The average molecular weight is 485 g/mol. The molecule has 7 nitrogen and oxygen atoms in total. The summed E-state index contributed by atoms with van der Waals surface area (Å²) in [6, 6.07) is 24.2. The van der Waals surface area contributed by atoms with Crippen LogP contribution in [0.5, 0.6) is 5.75 Å². The first-order chi connectivity index (χ1) is 17.1. The van der Waals surface area contributed by atoms with E-state index in [1.54, 1.807) is 18.3 Å². The average Bonchev–Trinajstić information content (AvgIpc) is 3.50. The summed E-state index contributed by atoms with van der Waals surface area (Å²) in [4.78, 5) is 18.0. The molecule has 2 aromatic heterocycles. The second kappa shape index (κ2) is 9.60. The van der Waals surface area contributed by atoms with Crippen LogP contribution < -0.4 is 15.0 Å². The minimum Gasteiger partial charge on any atom is -0.494 e. The highest BCUT2D eigenvalue weighted by molar-refractivity contribution is 7.80. The molecule has 0 spiro atoms. The van der Waals surface area contributed by atoms with Gasteiger partial charge >= 0.3 is 5.97 Å². The molecule has 3 heterocycles. The highest BCUT2D eigenvalue weighted by Crippen LogP contribution is 2.42. The zero-order valence-electron chi connectivity index (χ0n) is 19.0. The number of rotatable bonds is 7. The number of anilines is 1. The molecule has 2 N–H and O–H groups in total. The van der Waals surface area contributed by atoms with Gasteiger partial charge in [0.2, 0.25) is 0 Å². The van der Waals surface area contributed by atoms with Crippen LogP contribution in [0, 0.1) is 0 Å². The smallest absolute Gasteiger partial charge is 0.335 e. The van der Waals surface area contributed by atoms with Crippen molar-refractivity contribution in [2.24, 2.45) is 0 Å². The van der Waals surface area contributed by atoms with Crippen LogP contribution in [0.1, 0.15) is 40.8 Å². The number of ether oxygens (including phenoxy) is 1. The molecule has 35 heavy (non-hydrogen) atoms. The fraction of sp³-hybridized carbons (Fsp3) is 0.148. The molecule has 2 atom stereocenters. The predicted octanol–water partition coefficient (Wildman–Crippen LogP) is 5.15. The molecule has 0 bridgehead atoms. The van der Waals surface area contributed by atoms with Crippen molar-refractivity contribution in [2.45, 2.75) is 19.0 Å². The van der Waals surface area contributed by atoms with Gasteiger partial charge in [0.15, 0.2) is 5.11 Å². The molecule has 0 radical (unpaired) electrons. The van der Waals surface area contributed by atoms with E-state index in [1.165, 1.54) is 0 Å².